The Kier molecular flexibility index (Phi) is 19.0. The fourth-order valence-electron chi connectivity index (χ4n) is 2.94. The molecule has 0 unspecified atom stereocenters. The summed E-state index contributed by atoms with van der Waals surface area (Å²) in [6.45, 7) is 3.54. The lowest BCUT2D eigenvalue weighted by atomic mass is 10.0. The summed E-state index contributed by atoms with van der Waals surface area (Å²) >= 11 is 0. The van der Waals surface area contributed by atoms with Crippen LogP contribution in [0.1, 0.15) is 110 Å². The molecule has 3 N–H and O–H groups in total. The van der Waals surface area contributed by atoms with E-state index in [1.807, 2.05) is 0 Å². The number of nitrogens with one attached hydrogen (secondary N) is 1. The molecule has 0 aliphatic carbocycles. The number of unbranched alkanes of at least 4 members (excludes halogenated alkanes) is 14. The molecule has 0 atom stereocenters. The zero-order valence-electron chi connectivity index (χ0n) is 15.7. The zero-order valence-corrected chi connectivity index (χ0v) is 15.7. The van der Waals surface area contributed by atoms with Crippen LogP contribution in [0.5, 0.6) is 0 Å². The van der Waals surface area contributed by atoms with Gasteiger partial charge in [0.15, 0.2) is 0 Å². The van der Waals surface area contributed by atoms with Crippen molar-refractivity contribution in [2.75, 3.05) is 13.1 Å². The lowest BCUT2D eigenvalue weighted by molar-refractivity contribution is -0.120. The first-order chi connectivity index (χ1) is 11.3. The molecule has 138 valence electrons. The van der Waals surface area contributed by atoms with Crippen LogP contribution in [-0.2, 0) is 4.79 Å². The Morgan fingerprint density at radius 1 is 0.696 bits per heavy atom. The van der Waals surface area contributed by atoms with E-state index in [-0.39, 0.29) is 5.91 Å². The Balaban J connectivity index is 3.01. The minimum Gasteiger partial charge on any atom is -0.356 e. The quantitative estimate of drug-likeness (QED) is 0.335. The van der Waals surface area contributed by atoms with E-state index >= 15 is 0 Å². The second kappa shape index (κ2) is 19.5. The van der Waals surface area contributed by atoms with Crippen molar-refractivity contribution in [3.8, 4) is 0 Å². The summed E-state index contributed by atoms with van der Waals surface area (Å²) in [7, 11) is 0. The smallest absolute Gasteiger partial charge is 0.221 e. The highest BCUT2D eigenvalue weighted by Gasteiger charge is 1.98. The number of hydrogen-bond donors (Lipinski definition) is 2. The van der Waals surface area contributed by atoms with E-state index in [1.54, 1.807) is 0 Å². The molecular formula is C20H42N2O. The monoisotopic (exact) mass is 326 g/mol. The highest BCUT2D eigenvalue weighted by Crippen LogP contribution is 2.13. The minimum atomic E-state index is 0.0952. The predicted molar refractivity (Wildman–Crippen MR) is 102 cm³/mol. The maximum absolute atomic E-state index is 11.2. The van der Waals surface area contributed by atoms with Crippen LogP contribution in [0.3, 0.4) is 0 Å². The third kappa shape index (κ3) is 19.4. The van der Waals surface area contributed by atoms with Crippen LogP contribution in [0.2, 0.25) is 0 Å². The van der Waals surface area contributed by atoms with E-state index in [0.29, 0.717) is 13.0 Å². The van der Waals surface area contributed by atoms with Gasteiger partial charge in [0.25, 0.3) is 0 Å². The molecule has 0 aliphatic heterocycles. The van der Waals surface area contributed by atoms with Crippen molar-refractivity contribution in [2.24, 2.45) is 5.73 Å². The normalized spacial score (nSPS) is 10.9. The Bertz CT molecular complexity index is 244. The topological polar surface area (TPSA) is 55.1 Å². The number of amides is 1. The van der Waals surface area contributed by atoms with Crippen molar-refractivity contribution in [1.29, 1.82) is 0 Å². The van der Waals surface area contributed by atoms with E-state index in [2.05, 4.69) is 12.2 Å². The van der Waals surface area contributed by atoms with E-state index in [4.69, 9.17) is 5.73 Å². The van der Waals surface area contributed by atoms with E-state index in [1.165, 1.54) is 89.9 Å². The molecule has 0 radical (unpaired) electrons. The van der Waals surface area contributed by atoms with Crippen LogP contribution in [0.25, 0.3) is 0 Å². The molecule has 3 heteroatoms. The molecule has 1 amide bonds. The predicted octanol–water partition coefficient (Wildman–Crippen LogP) is 5.32. The summed E-state index contributed by atoms with van der Waals surface area (Å²) in [5.74, 6) is 0.0952. The number of carbonyl (C=O) groups is 1. The summed E-state index contributed by atoms with van der Waals surface area (Å²) in [6, 6.07) is 0. The maximum atomic E-state index is 11.2. The van der Waals surface area contributed by atoms with E-state index < -0.39 is 0 Å². The van der Waals surface area contributed by atoms with Crippen molar-refractivity contribution in [3.63, 3.8) is 0 Å². The van der Waals surface area contributed by atoms with Crippen LogP contribution in [0.4, 0.5) is 0 Å². The molecule has 23 heavy (non-hydrogen) atoms. The largest absolute Gasteiger partial charge is 0.356 e. The van der Waals surface area contributed by atoms with Crippen LogP contribution in [0, 0.1) is 0 Å². The number of nitrogens with two attached hydrogens (primary N) is 1. The highest BCUT2D eigenvalue weighted by atomic mass is 16.1. The van der Waals surface area contributed by atoms with Crippen molar-refractivity contribution in [2.45, 2.75) is 110 Å². The SMILES string of the molecule is CCCCCCCCCCCCCCCCCNC(=O)CCN. The van der Waals surface area contributed by atoms with Crippen LogP contribution in [0.15, 0.2) is 0 Å². The molecule has 0 fully saturated rings. The highest BCUT2D eigenvalue weighted by molar-refractivity contribution is 5.75. The standard InChI is InChI=1S/C20H42N2O/c1-2-3-4-5-6-7-8-9-10-11-12-13-14-15-16-19-22-20(23)17-18-21/h2-19,21H2,1H3,(H,22,23). The molecule has 0 heterocycles. The second-order valence-corrected chi connectivity index (χ2v) is 6.84. The van der Waals surface area contributed by atoms with E-state index in [0.717, 1.165) is 13.0 Å². The van der Waals surface area contributed by atoms with Gasteiger partial charge >= 0.3 is 0 Å². The van der Waals surface area contributed by atoms with Crippen LogP contribution < -0.4 is 11.1 Å². The summed E-state index contributed by atoms with van der Waals surface area (Å²) in [5.41, 5.74) is 5.33. The molecule has 0 aromatic rings. The molecule has 0 saturated heterocycles. The lowest BCUT2D eigenvalue weighted by Gasteiger charge is -2.05. The van der Waals surface area contributed by atoms with Crippen molar-refractivity contribution >= 4 is 5.91 Å². The average molecular weight is 327 g/mol. The summed E-state index contributed by atoms with van der Waals surface area (Å²) in [6.07, 6.45) is 21.1. The summed E-state index contributed by atoms with van der Waals surface area (Å²) < 4.78 is 0. The number of carbonyl (C=O) groups excluding carboxylic acids is 1. The van der Waals surface area contributed by atoms with Gasteiger partial charge in [0, 0.05) is 19.5 Å². The van der Waals surface area contributed by atoms with Gasteiger partial charge in [-0.2, -0.15) is 0 Å². The van der Waals surface area contributed by atoms with Gasteiger partial charge in [0.2, 0.25) is 5.91 Å². The number of hydrogen-bond acceptors (Lipinski definition) is 2. The Labute approximate surface area is 145 Å². The first-order valence-corrected chi connectivity index (χ1v) is 10.3. The van der Waals surface area contributed by atoms with Crippen LogP contribution in [-0.4, -0.2) is 19.0 Å². The Hall–Kier alpha value is -0.570. The van der Waals surface area contributed by atoms with Gasteiger partial charge < -0.3 is 11.1 Å². The zero-order chi connectivity index (χ0) is 17.0. The van der Waals surface area contributed by atoms with Gasteiger partial charge in [-0.1, -0.05) is 96.8 Å². The van der Waals surface area contributed by atoms with Crippen LogP contribution >= 0.6 is 0 Å². The van der Waals surface area contributed by atoms with Crippen molar-refractivity contribution in [1.82, 2.24) is 5.32 Å². The molecular weight excluding hydrogens is 284 g/mol. The molecule has 3 nitrogen and oxygen atoms in total. The fourth-order valence-corrected chi connectivity index (χ4v) is 2.94. The Morgan fingerprint density at radius 2 is 1.09 bits per heavy atom. The molecule has 0 spiro atoms. The fraction of sp³-hybridized carbons (Fsp3) is 0.950. The summed E-state index contributed by atoms with van der Waals surface area (Å²) in [4.78, 5) is 11.2. The van der Waals surface area contributed by atoms with Gasteiger partial charge in [-0.3, -0.25) is 4.79 Å². The van der Waals surface area contributed by atoms with Gasteiger partial charge in [-0.25, -0.2) is 0 Å². The lowest BCUT2D eigenvalue weighted by Crippen LogP contribution is -2.26. The first kappa shape index (κ1) is 22.4. The van der Waals surface area contributed by atoms with Gasteiger partial charge in [-0.15, -0.1) is 0 Å². The first-order valence-electron chi connectivity index (χ1n) is 10.3. The molecule has 0 rings (SSSR count). The van der Waals surface area contributed by atoms with Crippen molar-refractivity contribution in [3.05, 3.63) is 0 Å². The summed E-state index contributed by atoms with van der Waals surface area (Å²) in [5, 5.41) is 2.91. The number of rotatable bonds is 18. The molecule has 0 aromatic heterocycles. The minimum absolute atomic E-state index is 0.0952. The molecule has 0 aliphatic rings. The molecule has 0 aromatic carbocycles. The second-order valence-electron chi connectivity index (χ2n) is 6.84. The van der Waals surface area contributed by atoms with Gasteiger partial charge in [0.05, 0.1) is 0 Å². The Morgan fingerprint density at radius 3 is 1.48 bits per heavy atom. The van der Waals surface area contributed by atoms with E-state index in [9.17, 15) is 4.79 Å². The van der Waals surface area contributed by atoms with Gasteiger partial charge in [-0.05, 0) is 6.42 Å². The third-order valence-corrected chi connectivity index (χ3v) is 4.47. The molecule has 0 saturated carbocycles. The maximum Gasteiger partial charge on any atom is 0.221 e. The third-order valence-electron chi connectivity index (χ3n) is 4.47. The molecule has 0 bridgehead atoms. The van der Waals surface area contributed by atoms with Crippen molar-refractivity contribution < 1.29 is 4.79 Å². The average Bonchev–Trinajstić information content (AvgIpc) is 2.54. The van der Waals surface area contributed by atoms with Gasteiger partial charge in [0.1, 0.15) is 0 Å².